The topological polar surface area (TPSA) is 90.0 Å². The minimum absolute atomic E-state index is 0.201. The molecule has 176 valence electrons. The van der Waals surface area contributed by atoms with Gasteiger partial charge in [0.2, 0.25) is 5.91 Å². The lowest BCUT2D eigenvalue weighted by Gasteiger charge is -2.33. The number of hydrogen-bond acceptors (Lipinski definition) is 6. The van der Waals surface area contributed by atoms with Gasteiger partial charge in [-0.2, -0.15) is 0 Å². The summed E-state index contributed by atoms with van der Waals surface area (Å²) in [6.07, 6.45) is 2.49. The van der Waals surface area contributed by atoms with Crippen molar-refractivity contribution in [3.8, 4) is 0 Å². The Morgan fingerprint density at radius 1 is 1.25 bits per heavy atom. The third kappa shape index (κ3) is 5.56. The first-order valence-corrected chi connectivity index (χ1v) is 11.4. The van der Waals surface area contributed by atoms with Crippen LogP contribution >= 0.6 is 11.6 Å². The van der Waals surface area contributed by atoms with Gasteiger partial charge in [0, 0.05) is 24.7 Å². The quantitative estimate of drug-likeness (QED) is 0.686. The normalized spacial score (nSPS) is 22.6. The number of anilines is 1. The number of halogens is 1. The minimum Gasteiger partial charge on any atom is -0.444 e. The molecule has 2 amide bonds. The first kappa shape index (κ1) is 24.8. The van der Waals surface area contributed by atoms with Crippen LogP contribution in [0.4, 0.5) is 10.6 Å². The largest absolute Gasteiger partial charge is 0.496 e. The van der Waals surface area contributed by atoms with Gasteiger partial charge in [-0.15, -0.1) is 0 Å². The van der Waals surface area contributed by atoms with Gasteiger partial charge >= 0.3 is 13.2 Å². The van der Waals surface area contributed by atoms with E-state index in [4.69, 9.17) is 25.6 Å². The van der Waals surface area contributed by atoms with E-state index in [1.807, 2.05) is 48.5 Å². The highest BCUT2D eigenvalue weighted by Crippen LogP contribution is 2.37. The lowest BCUT2D eigenvalue weighted by molar-refractivity contribution is -0.121. The number of amides is 2. The maximum absolute atomic E-state index is 12.9. The first-order valence-electron chi connectivity index (χ1n) is 11.0. The van der Waals surface area contributed by atoms with Crippen molar-refractivity contribution in [1.29, 1.82) is 0 Å². The van der Waals surface area contributed by atoms with Crippen LogP contribution in [0.2, 0.25) is 5.02 Å². The molecule has 1 aromatic heterocycles. The molecule has 2 saturated heterocycles. The van der Waals surface area contributed by atoms with Crippen molar-refractivity contribution in [2.45, 2.75) is 78.1 Å². The second kappa shape index (κ2) is 8.84. The number of rotatable bonds is 3. The molecule has 10 heteroatoms. The van der Waals surface area contributed by atoms with Crippen LogP contribution in [0.3, 0.4) is 0 Å². The number of nitrogens with zero attached hydrogens (tertiary/aromatic N) is 2. The smallest absolute Gasteiger partial charge is 0.444 e. The van der Waals surface area contributed by atoms with E-state index >= 15 is 0 Å². The van der Waals surface area contributed by atoms with E-state index in [0.717, 1.165) is 6.42 Å². The van der Waals surface area contributed by atoms with Gasteiger partial charge < -0.3 is 24.3 Å². The average molecular weight is 466 g/mol. The Labute approximate surface area is 195 Å². The van der Waals surface area contributed by atoms with Gasteiger partial charge in [0.15, 0.2) is 0 Å². The maximum atomic E-state index is 12.9. The fourth-order valence-electron chi connectivity index (χ4n) is 3.59. The van der Waals surface area contributed by atoms with E-state index in [0.29, 0.717) is 35.8 Å². The number of carbonyl (C=O) groups is 2. The Morgan fingerprint density at radius 3 is 2.47 bits per heavy atom. The second-order valence-corrected chi connectivity index (χ2v) is 10.8. The number of hydrogen-bond donors (Lipinski definition) is 1. The third-order valence-electron chi connectivity index (χ3n) is 6.09. The Hall–Kier alpha value is -1.84. The molecule has 1 unspecified atom stereocenters. The van der Waals surface area contributed by atoms with Gasteiger partial charge in [-0.1, -0.05) is 11.6 Å². The molecule has 0 bridgehead atoms. The van der Waals surface area contributed by atoms with Crippen molar-refractivity contribution in [2.75, 3.05) is 18.4 Å². The first-order chi connectivity index (χ1) is 14.7. The van der Waals surface area contributed by atoms with Gasteiger partial charge in [0.05, 0.1) is 22.1 Å². The number of ether oxygens (including phenoxy) is 1. The zero-order valence-corrected chi connectivity index (χ0v) is 20.7. The lowest BCUT2D eigenvalue weighted by atomic mass is 9.79. The molecule has 1 aromatic rings. The average Bonchev–Trinajstić information content (AvgIpc) is 2.89. The molecule has 8 nitrogen and oxygen atoms in total. The molecule has 32 heavy (non-hydrogen) atoms. The standard InChI is InChI=1S/C22H33BClN3O5/c1-20(2,3)30-19(29)27-10-8-9-14(13-27)18(28)26-17-11-15(16(24)12-25-17)23-31-21(4,5)22(6,7)32-23/h11-12,14H,8-10,13H2,1-7H3,(H,25,26,28). The minimum atomic E-state index is -0.663. The summed E-state index contributed by atoms with van der Waals surface area (Å²) >= 11 is 6.36. The molecule has 0 saturated carbocycles. The van der Waals surface area contributed by atoms with Crippen molar-refractivity contribution in [1.82, 2.24) is 9.88 Å². The van der Waals surface area contributed by atoms with Crippen LogP contribution < -0.4 is 10.8 Å². The van der Waals surface area contributed by atoms with Crippen LogP contribution in [0.5, 0.6) is 0 Å². The van der Waals surface area contributed by atoms with Gasteiger partial charge in [-0.05, 0) is 67.4 Å². The van der Waals surface area contributed by atoms with E-state index in [-0.39, 0.29) is 11.8 Å². The Bertz CT molecular complexity index is 871. The zero-order chi connectivity index (χ0) is 23.9. The number of carbonyl (C=O) groups excluding carboxylic acids is 2. The van der Waals surface area contributed by atoms with Gasteiger partial charge in [-0.3, -0.25) is 4.79 Å². The lowest BCUT2D eigenvalue weighted by Crippen LogP contribution is -2.45. The van der Waals surface area contributed by atoms with Crippen molar-refractivity contribution in [3.63, 3.8) is 0 Å². The van der Waals surface area contributed by atoms with Gasteiger partial charge in [0.1, 0.15) is 11.4 Å². The molecule has 0 radical (unpaired) electrons. The number of nitrogens with one attached hydrogen (secondary N) is 1. The van der Waals surface area contributed by atoms with E-state index in [1.165, 1.54) is 6.20 Å². The summed E-state index contributed by atoms with van der Waals surface area (Å²) in [7, 11) is -0.663. The number of likely N-dealkylation sites (tertiary alicyclic amines) is 1. The monoisotopic (exact) mass is 465 g/mol. The fourth-order valence-corrected chi connectivity index (χ4v) is 3.78. The fraction of sp³-hybridized carbons (Fsp3) is 0.682. The molecule has 1 N–H and O–H groups in total. The zero-order valence-electron chi connectivity index (χ0n) is 20.0. The summed E-state index contributed by atoms with van der Waals surface area (Å²) in [6, 6.07) is 1.68. The number of pyridine rings is 1. The van der Waals surface area contributed by atoms with Crippen LogP contribution in [-0.2, 0) is 18.8 Å². The molecule has 1 atom stereocenters. The molecule has 3 rings (SSSR count). The highest BCUT2D eigenvalue weighted by molar-refractivity contribution is 6.65. The van der Waals surface area contributed by atoms with Crippen LogP contribution in [0.1, 0.15) is 61.3 Å². The highest BCUT2D eigenvalue weighted by Gasteiger charge is 2.52. The predicted octanol–water partition coefficient (Wildman–Crippen LogP) is 3.62. The number of piperidine rings is 1. The van der Waals surface area contributed by atoms with Crippen LogP contribution in [0, 0.1) is 5.92 Å². The summed E-state index contributed by atoms with van der Waals surface area (Å²) < 4.78 is 17.6. The molecular weight excluding hydrogens is 433 g/mol. The third-order valence-corrected chi connectivity index (χ3v) is 6.40. The molecule has 2 fully saturated rings. The van der Waals surface area contributed by atoms with E-state index < -0.39 is 30.0 Å². The van der Waals surface area contributed by atoms with Crippen LogP contribution in [0.25, 0.3) is 0 Å². The van der Waals surface area contributed by atoms with E-state index in [9.17, 15) is 9.59 Å². The summed E-state index contributed by atoms with van der Waals surface area (Å²) in [5, 5.41) is 3.25. The summed E-state index contributed by atoms with van der Waals surface area (Å²) in [4.78, 5) is 31.1. The maximum Gasteiger partial charge on any atom is 0.496 e. The summed E-state index contributed by atoms with van der Waals surface area (Å²) in [6.45, 7) is 14.2. The predicted molar refractivity (Wildman–Crippen MR) is 124 cm³/mol. The van der Waals surface area contributed by atoms with Crippen molar-refractivity contribution in [2.24, 2.45) is 5.92 Å². The van der Waals surface area contributed by atoms with E-state index in [1.54, 1.807) is 11.0 Å². The molecule has 0 aromatic carbocycles. The van der Waals surface area contributed by atoms with Crippen LogP contribution in [-0.4, -0.2) is 58.9 Å². The number of aromatic nitrogens is 1. The van der Waals surface area contributed by atoms with Crippen molar-refractivity contribution >= 4 is 42.0 Å². The molecule has 2 aliphatic rings. The highest BCUT2D eigenvalue weighted by atomic mass is 35.5. The molecule has 0 aliphatic carbocycles. The van der Waals surface area contributed by atoms with Crippen molar-refractivity contribution in [3.05, 3.63) is 17.3 Å². The van der Waals surface area contributed by atoms with Gasteiger partial charge in [0.25, 0.3) is 0 Å². The van der Waals surface area contributed by atoms with E-state index in [2.05, 4.69) is 10.3 Å². The Kier molecular flexibility index (Phi) is 6.85. The molecular formula is C22H33BClN3O5. The Morgan fingerprint density at radius 2 is 1.88 bits per heavy atom. The van der Waals surface area contributed by atoms with Crippen molar-refractivity contribution < 1.29 is 23.6 Å². The van der Waals surface area contributed by atoms with Gasteiger partial charge in [-0.25, -0.2) is 9.78 Å². The second-order valence-electron chi connectivity index (χ2n) is 10.4. The summed E-state index contributed by atoms with van der Waals surface area (Å²) in [5.74, 6) is -0.194. The molecule has 0 spiro atoms. The Balaban J connectivity index is 1.68. The summed E-state index contributed by atoms with van der Waals surface area (Å²) in [5.41, 5.74) is -1.000. The SMILES string of the molecule is CC(C)(C)OC(=O)N1CCCC(C(=O)Nc2cc(B3OC(C)(C)C(C)(C)O3)c(Cl)cn2)C1. The molecule has 3 heterocycles. The molecule has 2 aliphatic heterocycles. The van der Waals surface area contributed by atoms with Crippen LogP contribution in [0.15, 0.2) is 12.3 Å².